The summed E-state index contributed by atoms with van der Waals surface area (Å²) in [6.45, 7) is 2.67. The van der Waals surface area contributed by atoms with Gasteiger partial charge in [0, 0.05) is 17.5 Å². The van der Waals surface area contributed by atoms with Gasteiger partial charge in [-0.15, -0.1) is 11.3 Å². The fraction of sp³-hybridized carbons (Fsp3) is 0.118. The molecule has 1 amide bonds. The number of rotatable bonds is 5. The van der Waals surface area contributed by atoms with Crippen molar-refractivity contribution in [3.8, 4) is 0 Å². The number of aryl methyl sites for hydroxylation is 1. The Morgan fingerprint density at radius 1 is 1.39 bits per heavy atom. The fourth-order valence-corrected chi connectivity index (χ4v) is 2.70. The number of anilines is 1. The highest BCUT2D eigenvalue weighted by Gasteiger charge is 2.06. The van der Waals surface area contributed by atoms with Gasteiger partial charge in [0.1, 0.15) is 5.82 Å². The number of carbonyl (C=O) groups is 1. The number of nitrogens with zero attached hydrogens (tertiary/aromatic N) is 3. The molecular weight excluding hydrogens is 308 g/mol. The van der Waals surface area contributed by atoms with Crippen molar-refractivity contribution in [1.29, 1.82) is 0 Å². The summed E-state index contributed by atoms with van der Waals surface area (Å²) in [5, 5.41) is 8.99. The van der Waals surface area contributed by atoms with E-state index in [2.05, 4.69) is 34.5 Å². The molecule has 1 aromatic carbocycles. The van der Waals surface area contributed by atoms with Crippen LogP contribution in [0.25, 0.3) is 6.08 Å². The molecule has 0 aliphatic heterocycles. The molecule has 23 heavy (non-hydrogen) atoms. The van der Waals surface area contributed by atoms with Gasteiger partial charge >= 0.3 is 0 Å². The van der Waals surface area contributed by atoms with Crippen molar-refractivity contribution >= 4 is 29.1 Å². The van der Waals surface area contributed by atoms with Crippen LogP contribution in [-0.2, 0) is 11.3 Å². The number of benzene rings is 1. The lowest BCUT2D eigenvalue weighted by molar-refractivity contribution is -0.111. The van der Waals surface area contributed by atoms with Crippen LogP contribution in [0.2, 0.25) is 0 Å². The minimum absolute atomic E-state index is 0.205. The van der Waals surface area contributed by atoms with Crippen LogP contribution < -0.4 is 5.32 Å². The van der Waals surface area contributed by atoms with E-state index in [1.807, 2.05) is 17.5 Å². The van der Waals surface area contributed by atoms with Crippen LogP contribution in [-0.4, -0.2) is 20.7 Å². The first-order valence-electron chi connectivity index (χ1n) is 7.15. The van der Waals surface area contributed by atoms with Crippen LogP contribution in [0.15, 0.2) is 53.5 Å². The molecule has 2 aromatic heterocycles. The Bertz CT molecular complexity index is 821. The number of hydrogen-bond donors (Lipinski definition) is 1. The average Bonchev–Trinajstić information content (AvgIpc) is 3.18. The smallest absolute Gasteiger partial charge is 0.249 e. The highest BCUT2D eigenvalue weighted by atomic mass is 32.1. The molecule has 2 heterocycles. The predicted molar refractivity (Wildman–Crippen MR) is 92.3 cm³/mol. The Morgan fingerprint density at radius 3 is 3.09 bits per heavy atom. The molecule has 5 nitrogen and oxygen atoms in total. The van der Waals surface area contributed by atoms with Crippen molar-refractivity contribution in [2.45, 2.75) is 13.5 Å². The standard InChI is InChI=1S/C17H16N4OS/c1-13-3-2-4-14(9-13)10-21-16(7-8-19-21)20-17(22)6-5-15-11-23-12-18-15/h2-9,11-12H,10H2,1H3,(H,20,22)/b6-5+. The Hall–Kier alpha value is -2.73. The second kappa shape index (κ2) is 7.02. The minimum Gasteiger partial charge on any atom is -0.307 e. The lowest BCUT2D eigenvalue weighted by Crippen LogP contribution is -2.13. The zero-order valence-electron chi connectivity index (χ0n) is 12.6. The molecule has 3 aromatic rings. The van der Waals surface area contributed by atoms with E-state index in [9.17, 15) is 4.79 Å². The highest BCUT2D eigenvalue weighted by molar-refractivity contribution is 7.07. The van der Waals surface area contributed by atoms with Gasteiger partial charge in [0.25, 0.3) is 0 Å². The number of thiazole rings is 1. The maximum Gasteiger partial charge on any atom is 0.249 e. The summed E-state index contributed by atoms with van der Waals surface area (Å²) in [5.41, 5.74) is 4.85. The Kier molecular flexibility index (Phi) is 4.63. The van der Waals surface area contributed by atoms with Crippen molar-refractivity contribution in [3.05, 3.63) is 70.3 Å². The molecule has 0 aliphatic carbocycles. The SMILES string of the molecule is Cc1cccc(Cn2nccc2NC(=O)/C=C/c2cscn2)c1. The molecule has 0 spiro atoms. The highest BCUT2D eigenvalue weighted by Crippen LogP contribution is 2.12. The van der Waals surface area contributed by atoms with Gasteiger partial charge in [-0.05, 0) is 18.6 Å². The lowest BCUT2D eigenvalue weighted by Gasteiger charge is -2.08. The topological polar surface area (TPSA) is 59.8 Å². The number of aromatic nitrogens is 3. The second-order valence-corrected chi connectivity index (χ2v) is 5.82. The summed E-state index contributed by atoms with van der Waals surface area (Å²) >= 11 is 1.49. The van der Waals surface area contributed by atoms with Crippen LogP contribution in [0, 0.1) is 6.92 Å². The van der Waals surface area contributed by atoms with Crippen LogP contribution in [0.1, 0.15) is 16.8 Å². The summed E-state index contributed by atoms with van der Waals surface area (Å²) in [7, 11) is 0. The van der Waals surface area contributed by atoms with E-state index in [1.54, 1.807) is 28.5 Å². The summed E-state index contributed by atoms with van der Waals surface area (Å²) in [5.74, 6) is 0.462. The summed E-state index contributed by atoms with van der Waals surface area (Å²) in [6, 6.07) is 10.0. The van der Waals surface area contributed by atoms with Crippen LogP contribution >= 0.6 is 11.3 Å². The van der Waals surface area contributed by atoms with Gasteiger partial charge in [0.2, 0.25) is 5.91 Å². The Morgan fingerprint density at radius 2 is 2.30 bits per heavy atom. The molecule has 0 bridgehead atoms. The van der Waals surface area contributed by atoms with Crippen molar-refractivity contribution in [2.24, 2.45) is 0 Å². The molecule has 0 unspecified atom stereocenters. The van der Waals surface area contributed by atoms with Gasteiger partial charge in [-0.3, -0.25) is 4.79 Å². The van der Waals surface area contributed by atoms with E-state index >= 15 is 0 Å². The maximum absolute atomic E-state index is 12.0. The first-order chi connectivity index (χ1) is 11.2. The van der Waals surface area contributed by atoms with Crippen LogP contribution in [0.3, 0.4) is 0 Å². The normalized spacial score (nSPS) is 11.0. The molecule has 0 saturated carbocycles. The van der Waals surface area contributed by atoms with Gasteiger partial charge < -0.3 is 5.32 Å². The van der Waals surface area contributed by atoms with E-state index in [0.717, 1.165) is 11.3 Å². The van der Waals surface area contributed by atoms with E-state index in [4.69, 9.17) is 0 Å². The largest absolute Gasteiger partial charge is 0.307 e. The summed E-state index contributed by atoms with van der Waals surface area (Å²) < 4.78 is 1.77. The monoisotopic (exact) mass is 324 g/mol. The van der Waals surface area contributed by atoms with Gasteiger partial charge in [0.05, 0.1) is 23.9 Å². The van der Waals surface area contributed by atoms with Gasteiger partial charge in [-0.2, -0.15) is 5.10 Å². The van der Waals surface area contributed by atoms with Crippen LogP contribution in [0.4, 0.5) is 5.82 Å². The van der Waals surface area contributed by atoms with Gasteiger partial charge in [-0.1, -0.05) is 29.8 Å². The second-order valence-electron chi connectivity index (χ2n) is 5.10. The van der Waals surface area contributed by atoms with E-state index in [-0.39, 0.29) is 5.91 Å². The van der Waals surface area contributed by atoms with Crippen molar-refractivity contribution in [1.82, 2.24) is 14.8 Å². The van der Waals surface area contributed by atoms with Crippen molar-refractivity contribution < 1.29 is 4.79 Å². The fourth-order valence-electron chi connectivity index (χ4n) is 2.18. The van der Waals surface area contributed by atoms with E-state index in [1.165, 1.54) is 23.0 Å². The lowest BCUT2D eigenvalue weighted by atomic mass is 10.1. The number of carbonyl (C=O) groups excluding carboxylic acids is 1. The number of amides is 1. The van der Waals surface area contributed by atoms with Gasteiger partial charge in [-0.25, -0.2) is 9.67 Å². The van der Waals surface area contributed by atoms with E-state index in [0.29, 0.717) is 12.4 Å². The van der Waals surface area contributed by atoms with Gasteiger partial charge in [0.15, 0.2) is 0 Å². The zero-order chi connectivity index (χ0) is 16.1. The molecule has 116 valence electrons. The first kappa shape index (κ1) is 15.2. The molecule has 0 saturated heterocycles. The summed E-state index contributed by atoms with van der Waals surface area (Å²) in [4.78, 5) is 16.1. The quantitative estimate of drug-likeness (QED) is 0.732. The van der Waals surface area contributed by atoms with Crippen LogP contribution in [0.5, 0.6) is 0 Å². The maximum atomic E-state index is 12.0. The third kappa shape index (κ3) is 4.14. The van der Waals surface area contributed by atoms with Crippen molar-refractivity contribution in [2.75, 3.05) is 5.32 Å². The minimum atomic E-state index is -0.205. The zero-order valence-corrected chi connectivity index (χ0v) is 13.5. The first-order valence-corrected chi connectivity index (χ1v) is 8.09. The molecule has 3 rings (SSSR count). The molecule has 0 radical (unpaired) electrons. The molecule has 1 N–H and O–H groups in total. The molecular formula is C17H16N4OS. The third-order valence-corrected chi connectivity index (χ3v) is 3.84. The number of hydrogen-bond acceptors (Lipinski definition) is 4. The third-order valence-electron chi connectivity index (χ3n) is 3.24. The Balaban J connectivity index is 1.67. The molecule has 0 atom stereocenters. The average molecular weight is 324 g/mol. The Labute approximate surface area is 138 Å². The summed E-state index contributed by atoms with van der Waals surface area (Å²) in [6.07, 6.45) is 4.84. The number of nitrogens with one attached hydrogen (secondary N) is 1. The predicted octanol–water partition coefficient (Wildman–Crippen LogP) is 3.35. The molecule has 0 aliphatic rings. The van der Waals surface area contributed by atoms with Crippen molar-refractivity contribution in [3.63, 3.8) is 0 Å². The molecule has 6 heteroatoms. The molecule has 0 fully saturated rings. The van der Waals surface area contributed by atoms with E-state index < -0.39 is 0 Å².